The summed E-state index contributed by atoms with van der Waals surface area (Å²) in [5, 5.41) is 11.6. The quantitative estimate of drug-likeness (QED) is 0.745. The summed E-state index contributed by atoms with van der Waals surface area (Å²) in [4.78, 5) is 23.5. The molecule has 0 radical (unpaired) electrons. The van der Waals surface area contributed by atoms with Crippen molar-refractivity contribution in [3.8, 4) is 0 Å². The normalized spacial score (nSPS) is 10.7. The number of hydrogen-bond acceptors (Lipinski definition) is 5. The van der Waals surface area contributed by atoms with E-state index in [2.05, 4.69) is 15.0 Å². The highest BCUT2D eigenvalue weighted by atomic mass is 35.5. The Hall–Kier alpha value is -2.18. The third kappa shape index (κ3) is 2.81. The molecule has 0 aliphatic heterocycles. The molecule has 3 rings (SSSR count). The average Bonchev–Trinajstić information content (AvgIpc) is 2.49. The summed E-state index contributed by atoms with van der Waals surface area (Å²) >= 11 is 7.40. The van der Waals surface area contributed by atoms with Crippen LogP contribution in [-0.4, -0.2) is 26.0 Å². The topological polar surface area (TPSA) is 76.0 Å². The van der Waals surface area contributed by atoms with E-state index in [9.17, 15) is 4.79 Å². The Labute approximate surface area is 129 Å². The molecule has 0 amide bonds. The van der Waals surface area contributed by atoms with Crippen LogP contribution < -0.4 is 0 Å². The van der Waals surface area contributed by atoms with Gasteiger partial charge >= 0.3 is 5.97 Å². The second-order valence-corrected chi connectivity index (χ2v) is 5.49. The molecular formula is C14H8ClN3O2S. The molecular weight excluding hydrogens is 310 g/mol. The summed E-state index contributed by atoms with van der Waals surface area (Å²) in [6.45, 7) is 0. The number of carboxylic acid groups (broad SMARTS) is 1. The van der Waals surface area contributed by atoms with Crippen LogP contribution in [0.5, 0.6) is 0 Å². The van der Waals surface area contributed by atoms with Crippen molar-refractivity contribution in [2.75, 3.05) is 0 Å². The number of halogens is 1. The molecule has 2 heterocycles. The lowest BCUT2D eigenvalue weighted by Crippen LogP contribution is -1.97. The van der Waals surface area contributed by atoms with Gasteiger partial charge in [-0.2, -0.15) is 0 Å². The minimum Gasteiger partial charge on any atom is -0.478 e. The fraction of sp³-hybridized carbons (Fsp3) is 0. The van der Waals surface area contributed by atoms with Crippen molar-refractivity contribution in [2.24, 2.45) is 0 Å². The average molecular weight is 318 g/mol. The van der Waals surface area contributed by atoms with E-state index in [0.717, 1.165) is 5.39 Å². The largest absolute Gasteiger partial charge is 0.478 e. The van der Waals surface area contributed by atoms with Gasteiger partial charge in [0.15, 0.2) is 0 Å². The Kier molecular flexibility index (Phi) is 3.72. The van der Waals surface area contributed by atoms with Gasteiger partial charge in [-0.05, 0) is 42.1 Å². The molecule has 1 aromatic carbocycles. The van der Waals surface area contributed by atoms with E-state index in [0.29, 0.717) is 20.6 Å². The van der Waals surface area contributed by atoms with Crippen LogP contribution in [0.15, 0.2) is 52.9 Å². The predicted molar refractivity (Wildman–Crippen MR) is 79.9 cm³/mol. The molecule has 0 atom stereocenters. The number of pyridine rings is 1. The number of nitrogens with zero attached hydrogens (tertiary/aromatic N) is 3. The molecule has 0 bridgehead atoms. The zero-order valence-corrected chi connectivity index (χ0v) is 12.1. The zero-order chi connectivity index (χ0) is 14.8. The molecule has 0 spiro atoms. The fourth-order valence-electron chi connectivity index (χ4n) is 1.78. The number of carboxylic acids is 1. The summed E-state index contributed by atoms with van der Waals surface area (Å²) in [5.41, 5.74) is 0.757. The van der Waals surface area contributed by atoms with Crippen LogP contribution in [0.2, 0.25) is 5.02 Å². The second kappa shape index (κ2) is 5.67. The van der Waals surface area contributed by atoms with E-state index in [-0.39, 0.29) is 5.56 Å². The molecule has 3 aromatic rings. The van der Waals surface area contributed by atoms with Gasteiger partial charge in [-0.1, -0.05) is 11.6 Å². The highest BCUT2D eigenvalue weighted by molar-refractivity contribution is 7.99. The minimum absolute atomic E-state index is 0.188. The molecule has 1 N–H and O–H groups in total. The van der Waals surface area contributed by atoms with Crippen molar-refractivity contribution in [1.82, 2.24) is 15.0 Å². The van der Waals surface area contributed by atoms with Crippen molar-refractivity contribution in [1.29, 1.82) is 0 Å². The van der Waals surface area contributed by atoms with Gasteiger partial charge < -0.3 is 5.11 Å². The first-order valence-corrected chi connectivity index (χ1v) is 7.11. The number of fused-ring (bicyclic) bond motifs is 1. The highest BCUT2D eigenvalue weighted by Crippen LogP contribution is 2.33. The van der Waals surface area contributed by atoms with E-state index < -0.39 is 5.97 Å². The summed E-state index contributed by atoms with van der Waals surface area (Å²) in [6.07, 6.45) is 3.05. The molecule has 5 nitrogen and oxygen atoms in total. The van der Waals surface area contributed by atoms with Gasteiger partial charge in [-0.25, -0.2) is 19.7 Å². The van der Waals surface area contributed by atoms with Crippen LogP contribution in [0.1, 0.15) is 10.4 Å². The van der Waals surface area contributed by atoms with E-state index in [1.807, 2.05) is 0 Å². The SMILES string of the molecule is O=C(O)c1ccc2c(Sc3ncccc3Cl)ncnc2c1. The van der Waals surface area contributed by atoms with Gasteiger partial charge in [0, 0.05) is 11.6 Å². The smallest absolute Gasteiger partial charge is 0.335 e. The van der Waals surface area contributed by atoms with Crippen molar-refractivity contribution >= 4 is 40.2 Å². The Morgan fingerprint density at radius 2 is 2.00 bits per heavy atom. The molecule has 2 aromatic heterocycles. The Morgan fingerprint density at radius 3 is 2.76 bits per heavy atom. The Bertz CT molecular complexity index is 841. The van der Waals surface area contributed by atoms with Gasteiger partial charge in [0.25, 0.3) is 0 Å². The lowest BCUT2D eigenvalue weighted by Gasteiger charge is -2.05. The maximum atomic E-state index is 11.0. The minimum atomic E-state index is -0.988. The maximum Gasteiger partial charge on any atom is 0.335 e. The van der Waals surface area contributed by atoms with Gasteiger partial charge in [-0.15, -0.1) is 0 Å². The number of carbonyl (C=O) groups is 1. The number of aromatic nitrogens is 3. The fourth-order valence-corrected chi connectivity index (χ4v) is 2.87. The number of rotatable bonds is 3. The molecule has 0 saturated heterocycles. The lowest BCUT2D eigenvalue weighted by molar-refractivity contribution is 0.0697. The first kappa shape index (κ1) is 13.8. The Balaban J connectivity index is 2.07. The van der Waals surface area contributed by atoms with Crippen molar-refractivity contribution in [3.63, 3.8) is 0 Å². The van der Waals surface area contributed by atoms with Crippen molar-refractivity contribution < 1.29 is 9.90 Å². The molecule has 0 fully saturated rings. The summed E-state index contributed by atoms with van der Waals surface area (Å²) < 4.78 is 0. The van der Waals surface area contributed by atoms with E-state index in [1.165, 1.54) is 30.2 Å². The van der Waals surface area contributed by atoms with Gasteiger partial charge in [0.05, 0.1) is 16.1 Å². The van der Waals surface area contributed by atoms with Crippen molar-refractivity contribution in [2.45, 2.75) is 10.1 Å². The van der Waals surface area contributed by atoms with Crippen LogP contribution in [-0.2, 0) is 0 Å². The summed E-state index contributed by atoms with van der Waals surface area (Å²) in [5.74, 6) is -0.988. The van der Waals surface area contributed by atoms with Crippen LogP contribution in [0.3, 0.4) is 0 Å². The van der Waals surface area contributed by atoms with Crippen molar-refractivity contribution in [3.05, 3.63) is 53.4 Å². The van der Waals surface area contributed by atoms with Gasteiger partial charge in [0.1, 0.15) is 16.4 Å². The number of aromatic carboxylic acids is 1. The van der Waals surface area contributed by atoms with Gasteiger partial charge in [-0.3, -0.25) is 0 Å². The molecule has 7 heteroatoms. The molecule has 0 aliphatic carbocycles. The predicted octanol–water partition coefficient (Wildman–Crippen LogP) is 3.53. The third-order valence-electron chi connectivity index (χ3n) is 2.76. The van der Waals surface area contributed by atoms with E-state index in [1.54, 1.807) is 24.4 Å². The first-order chi connectivity index (χ1) is 10.1. The Morgan fingerprint density at radius 1 is 1.14 bits per heavy atom. The maximum absolute atomic E-state index is 11.0. The van der Waals surface area contributed by atoms with E-state index >= 15 is 0 Å². The lowest BCUT2D eigenvalue weighted by atomic mass is 10.1. The molecule has 0 saturated carbocycles. The second-order valence-electron chi connectivity index (χ2n) is 4.11. The standard InChI is InChI=1S/C14H8ClN3O2S/c15-10-2-1-5-16-13(10)21-12-9-4-3-8(14(19)20)6-11(9)17-7-18-12/h1-7H,(H,19,20). The molecule has 0 aliphatic rings. The monoisotopic (exact) mass is 317 g/mol. The van der Waals surface area contributed by atoms with Crippen LogP contribution in [0.4, 0.5) is 0 Å². The number of hydrogen-bond donors (Lipinski definition) is 1. The third-order valence-corrected chi connectivity index (χ3v) is 4.22. The van der Waals surface area contributed by atoms with Crippen LogP contribution in [0.25, 0.3) is 10.9 Å². The van der Waals surface area contributed by atoms with E-state index in [4.69, 9.17) is 16.7 Å². The number of benzene rings is 1. The summed E-state index contributed by atoms with van der Waals surface area (Å²) in [7, 11) is 0. The van der Waals surface area contributed by atoms with Crippen LogP contribution in [0, 0.1) is 0 Å². The molecule has 0 unspecified atom stereocenters. The first-order valence-electron chi connectivity index (χ1n) is 5.91. The molecule has 104 valence electrons. The van der Waals surface area contributed by atoms with Gasteiger partial charge in [0.2, 0.25) is 0 Å². The highest BCUT2D eigenvalue weighted by Gasteiger charge is 2.11. The zero-order valence-electron chi connectivity index (χ0n) is 10.5. The summed E-state index contributed by atoms with van der Waals surface area (Å²) in [6, 6.07) is 8.24. The molecule has 21 heavy (non-hydrogen) atoms. The van der Waals surface area contributed by atoms with Crippen LogP contribution >= 0.6 is 23.4 Å².